The maximum absolute atomic E-state index is 12.0. The molecule has 1 fully saturated rings. The molecule has 22 heavy (non-hydrogen) atoms. The van der Waals surface area contributed by atoms with Crippen molar-refractivity contribution in [2.24, 2.45) is 5.92 Å². The molecule has 0 bridgehead atoms. The van der Waals surface area contributed by atoms with Crippen LogP contribution in [0, 0.1) is 5.92 Å². The van der Waals surface area contributed by atoms with E-state index in [0.717, 1.165) is 0 Å². The number of carbonyl (C=O) groups is 3. The largest absolute Gasteiger partial charge is 0.466 e. The predicted molar refractivity (Wildman–Crippen MR) is 77.3 cm³/mol. The number of carbonyl (C=O) groups excluding carboxylic acids is 3. The molecule has 1 N–H and O–H groups in total. The summed E-state index contributed by atoms with van der Waals surface area (Å²) in [6.45, 7) is 7.44. The van der Waals surface area contributed by atoms with Gasteiger partial charge in [0.05, 0.1) is 25.7 Å². The van der Waals surface area contributed by atoms with Gasteiger partial charge >= 0.3 is 18.2 Å². The third-order valence-electron chi connectivity index (χ3n) is 3.04. The summed E-state index contributed by atoms with van der Waals surface area (Å²) in [5.74, 6) is -1.11. The normalized spacial score (nSPS) is 21.2. The second-order valence-corrected chi connectivity index (χ2v) is 5.99. The molecule has 0 aromatic rings. The topological polar surface area (TPSA) is 94.2 Å². The van der Waals surface area contributed by atoms with E-state index in [9.17, 15) is 14.4 Å². The average molecular weight is 316 g/mol. The highest BCUT2D eigenvalue weighted by Crippen LogP contribution is 2.20. The molecule has 1 rings (SSSR count). The fraction of sp³-hybridized carbons (Fsp3) is 0.786. The van der Waals surface area contributed by atoms with Gasteiger partial charge in [0.15, 0.2) is 0 Å². The van der Waals surface area contributed by atoms with E-state index < -0.39 is 35.7 Å². The van der Waals surface area contributed by atoms with Gasteiger partial charge < -0.3 is 24.4 Å². The number of hydrogen-bond acceptors (Lipinski definition) is 6. The van der Waals surface area contributed by atoms with Crippen molar-refractivity contribution in [1.82, 2.24) is 10.2 Å². The van der Waals surface area contributed by atoms with E-state index in [1.165, 1.54) is 12.0 Å². The number of rotatable bonds is 3. The van der Waals surface area contributed by atoms with E-state index in [4.69, 9.17) is 9.47 Å². The quantitative estimate of drug-likeness (QED) is 0.620. The van der Waals surface area contributed by atoms with Crippen molar-refractivity contribution < 1.29 is 28.6 Å². The van der Waals surface area contributed by atoms with Crippen LogP contribution in [0.4, 0.5) is 9.59 Å². The summed E-state index contributed by atoms with van der Waals surface area (Å²) >= 11 is 0. The second-order valence-electron chi connectivity index (χ2n) is 5.99. The van der Waals surface area contributed by atoms with Crippen LogP contribution in [0.2, 0.25) is 0 Å². The SMILES string of the molecule is CCOC(=O)C1CN(C(=O)OC)CC1NC(=O)OC(C)(C)C. The van der Waals surface area contributed by atoms with Crippen molar-refractivity contribution >= 4 is 18.2 Å². The van der Waals surface area contributed by atoms with Crippen molar-refractivity contribution in [3.05, 3.63) is 0 Å². The first-order chi connectivity index (χ1) is 10.2. The minimum Gasteiger partial charge on any atom is -0.466 e. The maximum atomic E-state index is 12.0. The maximum Gasteiger partial charge on any atom is 0.409 e. The smallest absolute Gasteiger partial charge is 0.409 e. The fourth-order valence-electron chi connectivity index (χ4n) is 2.18. The lowest BCUT2D eigenvalue weighted by atomic mass is 10.0. The Kier molecular flexibility index (Phi) is 6.01. The monoisotopic (exact) mass is 316 g/mol. The number of ether oxygens (including phenoxy) is 3. The molecule has 2 unspecified atom stereocenters. The van der Waals surface area contributed by atoms with E-state index in [-0.39, 0.29) is 19.7 Å². The van der Waals surface area contributed by atoms with Crippen molar-refractivity contribution in [1.29, 1.82) is 0 Å². The molecule has 8 heteroatoms. The summed E-state index contributed by atoms with van der Waals surface area (Å²) < 4.78 is 14.8. The average Bonchev–Trinajstić information content (AvgIpc) is 2.79. The number of likely N-dealkylation sites (tertiary alicyclic amines) is 1. The van der Waals surface area contributed by atoms with Crippen molar-refractivity contribution in [2.45, 2.75) is 39.3 Å². The van der Waals surface area contributed by atoms with Crippen LogP contribution in [-0.4, -0.2) is 61.5 Å². The van der Waals surface area contributed by atoms with Crippen LogP contribution in [-0.2, 0) is 19.0 Å². The van der Waals surface area contributed by atoms with Gasteiger partial charge in [0.1, 0.15) is 5.60 Å². The zero-order chi connectivity index (χ0) is 16.9. The minimum atomic E-state index is -0.649. The van der Waals surface area contributed by atoms with Gasteiger partial charge in [-0.05, 0) is 27.7 Å². The third-order valence-corrected chi connectivity index (χ3v) is 3.04. The second kappa shape index (κ2) is 7.33. The summed E-state index contributed by atoms with van der Waals surface area (Å²) in [6, 6.07) is -0.576. The Balaban J connectivity index is 2.76. The van der Waals surface area contributed by atoms with Gasteiger partial charge in [-0.3, -0.25) is 4.79 Å². The molecule has 126 valence electrons. The number of nitrogens with one attached hydrogen (secondary N) is 1. The first-order valence-corrected chi connectivity index (χ1v) is 7.17. The van der Waals surface area contributed by atoms with Gasteiger partial charge in [-0.2, -0.15) is 0 Å². The summed E-state index contributed by atoms with van der Waals surface area (Å²) in [6.07, 6.45) is -1.19. The number of amides is 2. The van der Waals surface area contributed by atoms with Crippen molar-refractivity contribution in [3.8, 4) is 0 Å². The molecular weight excluding hydrogens is 292 g/mol. The number of methoxy groups -OCH3 is 1. The molecule has 0 aromatic carbocycles. The minimum absolute atomic E-state index is 0.131. The standard InChI is InChI=1S/C14H24N2O6/c1-6-21-11(17)9-7-16(13(19)20-5)8-10(9)15-12(18)22-14(2,3)4/h9-10H,6-8H2,1-5H3,(H,15,18). The first kappa shape index (κ1) is 18.1. The van der Waals surface area contributed by atoms with Crippen LogP contribution in [0.1, 0.15) is 27.7 Å². The Morgan fingerprint density at radius 3 is 2.36 bits per heavy atom. The molecule has 0 spiro atoms. The predicted octanol–water partition coefficient (Wildman–Crippen LogP) is 1.14. The van der Waals surface area contributed by atoms with Crippen molar-refractivity contribution in [3.63, 3.8) is 0 Å². The fourth-order valence-corrected chi connectivity index (χ4v) is 2.18. The zero-order valence-corrected chi connectivity index (χ0v) is 13.7. The summed E-state index contributed by atoms with van der Waals surface area (Å²) in [5.41, 5.74) is -0.649. The molecule has 1 aliphatic heterocycles. The van der Waals surface area contributed by atoms with Gasteiger partial charge in [-0.1, -0.05) is 0 Å². The van der Waals surface area contributed by atoms with Crippen LogP contribution in [0.25, 0.3) is 0 Å². The lowest BCUT2D eigenvalue weighted by Gasteiger charge is -2.23. The van der Waals surface area contributed by atoms with Gasteiger partial charge in [0.25, 0.3) is 0 Å². The summed E-state index contributed by atoms with van der Waals surface area (Å²) in [5, 5.41) is 2.62. The molecule has 0 radical (unpaired) electrons. The molecule has 2 atom stereocenters. The third kappa shape index (κ3) is 5.09. The highest BCUT2D eigenvalue weighted by atomic mass is 16.6. The van der Waals surface area contributed by atoms with Gasteiger partial charge in [0.2, 0.25) is 0 Å². The van der Waals surface area contributed by atoms with Crippen LogP contribution >= 0.6 is 0 Å². The molecule has 8 nitrogen and oxygen atoms in total. The molecule has 1 saturated heterocycles. The summed E-state index contributed by atoms with van der Waals surface area (Å²) in [7, 11) is 1.26. The Labute approximate surface area is 130 Å². The number of nitrogens with zero attached hydrogens (tertiary/aromatic N) is 1. The van der Waals surface area contributed by atoms with E-state index in [0.29, 0.717) is 0 Å². The van der Waals surface area contributed by atoms with Gasteiger partial charge in [-0.15, -0.1) is 0 Å². The summed E-state index contributed by atoms with van der Waals surface area (Å²) in [4.78, 5) is 36.8. The van der Waals surface area contributed by atoms with Crippen molar-refractivity contribution in [2.75, 3.05) is 26.8 Å². The Morgan fingerprint density at radius 1 is 1.23 bits per heavy atom. The number of alkyl carbamates (subject to hydrolysis) is 1. The molecule has 0 saturated carbocycles. The molecule has 0 aromatic heterocycles. The van der Waals surface area contributed by atoms with Crippen LogP contribution < -0.4 is 5.32 Å². The van der Waals surface area contributed by atoms with Crippen LogP contribution in [0.15, 0.2) is 0 Å². The van der Waals surface area contributed by atoms with E-state index >= 15 is 0 Å². The Bertz CT molecular complexity index is 432. The molecular formula is C14H24N2O6. The highest BCUT2D eigenvalue weighted by molar-refractivity contribution is 5.78. The Morgan fingerprint density at radius 2 is 1.86 bits per heavy atom. The molecule has 0 aliphatic carbocycles. The molecule has 1 heterocycles. The highest BCUT2D eigenvalue weighted by Gasteiger charge is 2.42. The van der Waals surface area contributed by atoms with Gasteiger partial charge in [-0.25, -0.2) is 9.59 Å². The molecule has 1 aliphatic rings. The van der Waals surface area contributed by atoms with Crippen LogP contribution in [0.5, 0.6) is 0 Å². The van der Waals surface area contributed by atoms with Crippen LogP contribution in [0.3, 0.4) is 0 Å². The first-order valence-electron chi connectivity index (χ1n) is 7.17. The molecule has 2 amide bonds. The van der Waals surface area contributed by atoms with E-state index in [1.54, 1.807) is 27.7 Å². The number of esters is 1. The lowest BCUT2D eigenvalue weighted by Crippen LogP contribution is -2.45. The zero-order valence-electron chi connectivity index (χ0n) is 13.7. The Hall–Kier alpha value is -1.99. The van der Waals surface area contributed by atoms with E-state index in [1.807, 2.05) is 0 Å². The lowest BCUT2D eigenvalue weighted by molar-refractivity contribution is -0.148. The van der Waals surface area contributed by atoms with E-state index in [2.05, 4.69) is 10.1 Å². The number of hydrogen-bond donors (Lipinski definition) is 1. The van der Waals surface area contributed by atoms with Gasteiger partial charge in [0, 0.05) is 13.1 Å².